The molecular weight excluding hydrogens is 254 g/mol. The molecule has 2 saturated carbocycles. The Balaban J connectivity index is 2.13. The van der Waals surface area contributed by atoms with Crippen molar-refractivity contribution in [3.63, 3.8) is 0 Å². The summed E-state index contributed by atoms with van der Waals surface area (Å²) in [5.41, 5.74) is 7.36. The highest BCUT2D eigenvalue weighted by Gasteiger charge is 2.65. The van der Waals surface area contributed by atoms with Gasteiger partial charge in [-0.2, -0.15) is 0 Å². The third kappa shape index (κ3) is 1.20. The first-order chi connectivity index (χ1) is 7.09. The highest BCUT2D eigenvalue weighted by atomic mass is 79.9. The van der Waals surface area contributed by atoms with Crippen molar-refractivity contribution in [1.82, 2.24) is 0 Å². The predicted molar refractivity (Wildman–Crippen MR) is 62.9 cm³/mol. The number of aromatic hydroxyl groups is 1. The summed E-state index contributed by atoms with van der Waals surface area (Å²) in [5.74, 6) is 0.388. The standard InChI is InChI=1S/C12H14BrNO/c13-8-2-1-3-9(15)10(8)11(4-5-11)12(14)6-7-12/h1-3,15H,4-7,14H2. The molecule has 2 fully saturated rings. The van der Waals surface area contributed by atoms with E-state index in [2.05, 4.69) is 15.9 Å². The van der Waals surface area contributed by atoms with Crippen molar-refractivity contribution >= 4 is 15.9 Å². The maximum atomic E-state index is 9.97. The van der Waals surface area contributed by atoms with Gasteiger partial charge in [-0.3, -0.25) is 0 Å². The van der Waals surface area contributed by atoms with Crippen molar-refractivity contribution in [3.8, 4) is 5.75 Å². The Bertz CT molecular complexity index is 401. The molecule has 3 heteroatoms. The molecule has 0 aliphatic heterocycles. The van der Waals surface area contributed by atoms with Gasteiger partial charge >= 0.3 is 0 Å². The molecule has 0 unspecified atom stereocenters. The molecule has 0 bridgehead atoms. The van der Waals surface area contributed by atoms with Crippen molar-refractivity contribution in [2.24, 2.45) is 5.73 Å². The lowest BCUT2D eigenvalue weighted by Crippen LogP contribution is -2.37. The molecule has 0 atom stereocenters. The van der Waals surface area contributed by atoms with E-state index in [1.165, 1.54) is 0 Å². The van der Waals surface area contributed by atoms with Gasteiger partial charge in [0.2, 0.25) is 0 Å². The van der Waals surface area contributed by atoms with Gasteiger partial charge < -0.3 is 10.8 Å². The summed E-state index contributed by atoms with van der Waals surface area (Å²) in [5, 5.41) is 9.97. The fourth-order valence-corrected chi connectivity index (χ4v) is 3.46. The number of benzene rings is 1. The topological polar surface area (TPSA) is 46.2 Å². The number of hydrogen-bond acceptors (Lipinski definition) is 2. The number of phenolic OH excluding ortho intramolecular Hbond substituents is 1. The molecule has 0 saturated heterocycles. The minimum absolute atomic E-state index is 0.0473. The van der Waals surface area contributed by atoms with Crippen LogP contribution in [0.5, 0.6) is 5.75 Å². The molecule has 2 aliphatic rings. The zero-order chi connectivity index (χ0) is 10.7. The molecule has 0 amide bonds. The molecule has 0 radical (unpaired) electrons. The first-order valence-corrected chi connectivity index (χ1v) is 6.15. The summed E-state index contributed by atoms with van der Waals surface area (Å²) in [6, 6.07) is 5.60. The van der Waals surface area contributed by atoms with E-state index in [1.807, 2.05) is 12.1 Å². The average molecular weight is 268 g/mol. The maximum Gasteiger partial charge on any atom is 0.120 e. The fourth-order valence-electron chi connectivity index (χ4n) is 2.72. The highest BCUT2D eigenvalue weighted by Crippen LogP contribution is 2.66. The number of phenols is 1. The van der Waals surface area contributed by atoms with E-state index in [0.717, 1.165) is 35.7 Å². The Kier molecular flexibility index (Phi) is 1.79. The number of nitrogens with two attached hydrogens (primary N) is 1. The van der Waals surface area contributed by atoms with Crippen LogP contribution >= 0.6 is 15.9 Å². The first-order valence-electron chi connectivity index (χ1n) is 5.36. The SMILES string of the molecule is NC1(C2(c3c(O)cccc3Br)CC2)CC1. The smallest absolute Gasteiger partial charge is 0.120 e. The normalized spacial score (nSPS) is 24.9. The third-order valence-corrected chi connectivity index (χ3v) is 4.62. The summed E-state index contributed by atoms with van der Waals surface area (Å²) < 4.78 is 0.997. The molecule has 1 aromatic carbocycles. The van der Waals surface area contributed by atoms with E-state index < -0.39 is 0 Å². The Morgan fingerprint density at radius 2 is 1.87 bits per heavy atom. The number of hydrogen-bond donors (Lipinski definition) is 2. The molecule has 0 heterocycles. The van der Waals surface area contributed by atoms with Crippen LogP contribution in [0.2, 0.25) is 0 Å². The fraction of sp³-hybridized carbons (Fsp3) is 0.500. The molecule has 0 aromatic heterocycles. The van der Waals surface area contributed by atoms with E-state index in [-0.39, 0.29) is 11.0 Å². The predicted octanol–water partition coefficient (Wildman–Crippen LogP) is 2.68. The molecule has 3 N–H and O–H groups in total. The van der Waals surface area contributed by atoms with Crippen LogP contribution in [0.4, 0.5) is 0 Å². The lowest BCUT2D eigenvalue weighted by molar-refractivity contribution is 0.432. The van der Waals surface area contributed by atoms with E-state index in [1.54, 1.807) is 6.07 Å². The van der Waals surface area contributed by atoms with Crippen LogP contribution in [0.1, 0.15) is 31.2 Å². The second-order valence-corrected chi connectivity index (χ2v) is 5.73. The third-order valence-electron chi connectivity index (χ3n) is 3.96. The Labute approximate surface area is 97.6 Å². The van der Waals surface area contributed by atoms with Gasteiger partial charge in [-0.05, 0) is 37.8 Å². The van der Waals surface area contributed by atoms with Gasteiger partial charge in [0.1, 0.15) is 5.75 Å². The van der Waals surface area contributed by atoms with Crippen LogP contribution in [-0.2, 0) is 5.41 Å². The minimum Gasteiger partial charge on any atom is -0.508 e. The van der Waals surface area contributed by atoms with Gasteiger partial charge in [0, 0.05) is 21.0 Å². The summed E-state index contributed by atoms with van der Waals surface area (Å²) in [6.45, 7) is 0. The summed E-state index contributed by atoms with van der Waals surface area (Å²) in [4.78, 5) is 0. The molecule has 2 aliphatic carbocycles. The molecule has 3 rings (SSSR count). The van der Waals surface area contributed by atoms with E-state index in [0.29, 0.717) is 5.75 Å². The molecule has 1 aromatic rings. The average Bonchev–Trinajstić information content (AvgIpc) is 3.02. The minimum atomic E-state index is -0.0473. The van der Waals surface area contributed by atoms with E-state index in [9.17, 15) is 5.11 Å². The van der Waals surface area contributed by atoms with Crippen LogP contribution in [0.25, 0.3) is 0 Å². The molecule has 0 spiro atoms. The van der Waals surface area contributed by atoms with Gasteiger partial charge in [-0.25, -0.2) is 0 Å². The molecular formula is C12H14BrNO. The van der Waals surface area contributed by atoms with Crippen molar-refractivity contribution in [1.29, 1.82) is 0 Å². The van der Waals surface area contributed by atoms with Crippen molar-refractivity contribution < 1.29 is 5.11 Å². The number of rotatable bonds is 2. The Morgan fingerprint density at radius 1 is 1.20 bits per heavy atom. The monoisotopic (exact) mass is 267 g/mol. The van der Waals surface area contributed by atoms with Gasteiger partial charge in [-0.15, -0.1) is 0 Å². The van der Waals surface area contributed by atoms with Crippen LogP contribution in [0.3, 0.4) is 0 Å². The van der Waals surface area contributed by atoms with Gasteiger partial charge in [-0.1, -0.05) is 22.0 Å². The van der Waals surface area contributed by atoms with Crippen molar-refractivity contribution in [2.45, 2.75) is 36.6 Å². The zero-order valence-electron chi connectivity index (χ0n) is 8.46. The molecule has 15 heavy (non-hydrogen) atoms. The first kappa shape index (κ1) is 9.67. The number of halogens is 1. The lowest BCUT2D eigenvalue weighted by Gasteiger charge is -2.25. The maximum absolute atomic E-state index is 9.97. The highest BCUT2D eigenvalue weighted by molar-refractivity contribution is 9.10. The molecule has 2 nitrogen and oxygen atoms in total. The van der Waals surface area contributed by atoms with Gasteiger partial charge in [0.25, 0.3) is 0 Å². The van der Waals surface area contributed by atoms with Gasteiger partial charge in [0.15, 0.2) is 0 Å². The van der Waals surface area contributed by atoms with Crippen LogP contribution < -0.4 is 5.73 Å². The largest absolute Gasteiger partial charge is 0.508 e. The molecule has 80 valence electrons. The summed E-state index contributed by atoms with van der Waals surface area (Å²) >= 11 is 3.53. The van der Waals surface area contributed by atoms with Crippen LogP contribution in [0.15, 0.2) is 22.7 Å². The Morgan fingerprint density at radius 3 is 2.33 bits per heavy atom. The van der Waals surface area contributed by atoms with E-state index >= 15 is 0 Å². The summed E-state index contributed by atoms with van der Waals surface area (Å²) in [7, 11) is 0. The van der Waals surface area contributed by atoms with Crippen molar-refractivity contribution in [3.05, 3.63) is 28.2 Å². The quantitative estimate of drug-likeness (QED) is 0.866. The van der Waals surface area contributed by atoms with Crippen molar-refractivity contribution in [2.75, 3.05) is 0 Å². The van der Waals surface area contributed by atoms with Gasteiger partial charge in [0.05, 0.1) is 0 Å². The lowest BCUT2D eigenvalue weighted by atomic mass is 9.85. The second kappa shape index (κ2) is 2.77. The van der Waals surface area contributed by atoms with Crippen LogP contribution in [0, 0.1) is 0 Å². The second-order valence-electron chi connectivity index (χ2n) is 4.87. The van der Waals surface area contributed by atoms with E-state index in [4.69, 9.17) is 5.73 Å². The summed E-state index contributed by atoms with van der Waals surface area (Å²) in [6.07, 6.45) is 4.40. The van der Waals surface area contributed by atoms with Crippen LogP contribution in [-0.4, -0.2) is 10.6 Å². The Hall–Kier alpha value is -0.540. The zero-order valence-corrected chi connectivity index (χ0v) is 10.0.